The molecule has 9 nitrogen and oxygen atoms in total. The lowest BCUT2D eigenvalue weighted by Crippen LogP contribution is -2.50. The fourth-order valence-corrected chi connectivity index (χ4v) is 6.17. The summed E-state index contributed by atoms with van der Waals surface area (Å²) >= 11 is 6.02. The minimum atomic E-state index is -3.96. The summed E-state index contributed by atoms with van der Waals surface area (Å²) in [5.74, 6) is 0.642. The quantitative estimate of drug-likeness (QED) is 0.278. The lowest BCUT2D eigenvalue weighted by Gasteiger charge is -2.23. The highest BCUT2D eigenvalue weighted by atomic mass is 35.5. The van der Waals surface area contributed by atoms with Gasteiger partial charge in [-0.15, -0.1) is 0 Å². The number of hydrogen-bond acceptors (Lipinski definition) is 6. The van der Waals surface area contributed by atoms with Gasteiger partial charge in [-0.2, -0.15) is 5.10 Å². The number of rotatable bonds is 9. The molecule has 2 heterocycles. The zero-order valence-electron chi connectivity index (χ0n) is 21.7. The number of fused-ring (bicyclic) bond motifs is 1. The first-order valence-corrected chi connectivity index (χ1v) is 14.5. The molecular formula is C28H30ClN5O4S. The van der Waals surface area contributed by atoms with E-state index in [1.165, 1.54) is 19.2 Å². The van der Waals surface area contributed by atoms with Gasteiger partial charge in [0, 0.05) is 11.6 Å². The van der Waals surface area contributed by atoms with Crippen molar-refractivity contribution >= 4 is 44.3 Å². The normalized spacial score (nSPS) is 17.3. The summed E-state index contributed by atoms with van der Waals surface area (Å²) in [6.45, 7) is 3.56. The van der Waals surface area contributed by atoms with Crippen LogP contribution in [0.2, 0.25) is 5.02 Å². The summed E-state index contributed by atoms with van der Waals surface area (Å²) in [6, 6.07) is 19.4. The highest BCUT2D eigenvalue weighted by Crippen LogP contribution is 2.34. The van der Waals surface area contributed by atoms with Crippen LogP contribution in [0.1, 0.15) is 30.9 Å². The number of anilines is 1. The van der Waals surface area contributed by atoms with Crippen molar-refractivity contribution in [2.45, 2.75) is 43.3 Å². The molecule has 0 aliphatic carbocycles. The Morgan fingerprint density at radius 1 is 1.13 bits per heavy atom. The van der Waals surface area contributed by atoms with E-state index in [9.17, 15) is 13.2 Å². The number of nitrogens with one attached hydrogen (secondary N) is 3. The number of amides is 1. The molecule has 0 spiro atoms. The molecule has 1 aliphatic rings. The molecule has 39 heavy (non-hydrogen) atoms. The Morgan fingerprint density at radius 3 is 2.64 bits per heavy atom. The molecule has 5 rings (SSSR count). The molecule has 1 amide bonds. The second kappa shape index (κ2) is 10.9. The van der Waals surface area contributed by atoms with Crippen LogP contribution >= 0.6 is 11.6 Å². The molecule has 0 saturated carbocycles. The van der Waals surface area contributed by atoms with Gasteiger partial charge in [-0.3, -0.25) is 14.2 Å². The van der Waals surface area contributed by atoms with E-state index in [1.807, 2.05) is 43.3 Å². The van der Waals surface area contributed by atoms with Crippen LogP contribution in [0, 0.1) is 0 Å². The Labute approximate surface area is 232 Å². The van der Waals surface area contributed by atoms with E-state index in [0.717, 1.165) is 30.5 Å². The van der Waals surface area contributed by atoms with Gasteiger partial charge in [0.15, 0.2) is 5.82 Å². The molecule has 1 fully saturated rings. The summed E-state index contributed by atoms with van der Waals surface area (Å²) in [6.07, 6.45) is 1.80. The molecule has 4 aromatic rings. The SMILES string of the molecule is COc1cccc2c1c(NS(=O)(=O)c1cccc(Cl)c1)nn2Cc1cccc(CNC(=O)[C@]2(C)CCCN2)c1. The van der Waals surface area contributed by atoms with Gasteiger partial charge in [0.05, 0.1) is 35.0 Å². The first-order valence-electron chi connectivity index (χ1n) is 12.6. The van der Waals surface area contributed by atoms with Gasteiger partial charge in [-0.25, -0.2) is 8.42 Å². The maximum Gasteiger partial charge on any atom is 0.263 e. The maximum absolute atomic E-state index is 13.2. The number of ether oxygens (including phenoxy) is 1. The lowest BCUT2D eigenvalue weighted by atomic mass is 9.99. The van der Waals surface area contributed by atoms with Crippen molar-refractivity contribution in [3.8, 4) is 5.75 Å². The Hall–Kier alpha value is -3.60. The van der Waals surface area contributed by atoms with E-state index < -0.39 is 15.6 Å². The minimum absolute atomic E-state index is 0.00722. The van der Waals surface area contributed by atoms with Gasteiger partial charge in [0.1, 0.15) is 5.75 Å². The Bertz CT molecular complexity index is 1630. The van der Waals surface area contributed by atoms with Gasteiger partial charge >= 0.3 is 0 Å². The van der Waals surface area contributed by atoms with Crippen molar-refractivity contribution in [3.63, 3.8) is 0 Å². The molecule has 0 unspecified atom stereocenters. The third-order valence-corrected chi connectivity index (χ3v) is 8.52. The first-order chi connectivity index (χ1) is 18.7. The number of benzene rings is 3. The number of methoxy groups -OCH3 is 1. The predicted octanol–water partition coefficient (Wildman–Crippen LogP) is 4.31. The third-order valence-electron chi connectivity index (χ3n) is 6.94. The lowest BCUT2D eigenvalue weighted by molar-refractivity contribution is -0.126. The molecule has 3 N–H and O–H groups in total. The van der Waals surface area contributed by atoms with Crippen LogP contribution in [0.25, 0.3) is 10.9 Å². The van der Waals surface area contributed by atoms with Gasteiger partial charge in [0.2, 0.25) is 5.91 Å². The maximum atomic E-state index is 13.2. The highest BCUT2D eigenvalue weighted by molar-refractivity contribution is 7.92. The number of nitrogens with zero attached hydrogens (tertiary/aromatic N) is 2. The number of carbonyl (C=O) groups excluding carboxylic acids is 1. The van der Waals surface area contributed by atoms with E-state index in [2.05, 4.69) is 20.5 Å². The molecule has 0 radical (unpaired) electrons. The smallest absolute Gasteiger partial charge is 0.263 e. The van der Waals surface area contributed by atoms with Crippen LogP contribution in [0.3, 0.4) is 0 Å². The second-order valence-electron chi connectivity index (χ2n) is 9.79. The molecule has 1 atom stereocenters. The van der Waals surface area contributed by atoms with Crippen LogP contribution in [-0.2, 0) is 27.9 Å². The average Bonchev–Trinajstić information content (AvgIpc) is 3.52. The van der Waals surface area contributed by atoms with E-state index in [4.69, 9.17) is 16.3 Å². The van der Waals surface area contributed by atoms with Crippen molar-refractivity contribution < 1.29 is 17.9 Å². The topological polar surface area (TPSA) is 114 Å². The molecule has 204 valence electrons. The molecular weight excluding hydrogens is 538 g/mol. The standard InChI is InChI=1S/C28H30ClN5O4S/c1-28(13-6-14-31-28)27(35)30-17-19-7-3-8-20(15-19)18-34-23-11-5-12-24(38-2)25(23)26(32-34)33-39(36,37)22-10-4-9-21(29)16-22/h3-5,7-12,15-16,31H,6,13-14,17-18H2,1-2H3,(H,30,35)(H,32,33)/t28-/m0/s1. The monoisotopic (exact) mass is 567 g/mol. The summed E-state index contributed by atoms with van der Waals surface area (Å²) < 4.78 is 36.2. The van der Waals surface area contributed by atoms with Gasteiger partial charge in [0.25, 0.3) is 10.0 Å². The minimum Gasteiger partial charge on any atom is -0.496 e. The fourth-order valence-electron chi connectivity index (χ4n) is 4.86. The van der Waals surface area contributed by atoms with Crippen molar-refractivity contribution in [1.82, 2.24) is 20.4 Å². The fraction of sp³-hybridized carbons (Fsp3) is 0.286. The number of hydrogen-bond donors (Lipinski definition) is 3. The summed E-state index contributed by atoms with van der Waals surface area (Å²) in [5, 5.41) is 11.8. The van der Waals surface area contributed by atoms with E-state index in [0.29, 0.717) is 34.8 Å². The van der Waals surface area contributed by atoms with Crippen LogP contribution in [0.15, 0.2) is 71.6 Å². The molecule has 1 aliphatic heterocycles. The van der Waals surface area contributed by atoms with Crippen molar-refractivity contribution in [1.29, 1.82) is 0 Å². The molecule has 0 bridgehead atoms. The summed E-state index contributed by atoms with van der Waals surface area (Å²) in [4.78, 5) is 12.7. The number of aromatic nitrogens is 2. The number of halogens is 1. The van der Waals surface area contributed by atoms with Crippen LogP contribution in [0.4, 0.5) is 5.82 Å². The van der Waals surface area contributed by atoms with Gasteiger partial charge in [-0.05, 0) is 67.8 Å². The highest BCUT2D eigenvalue weighted by Gasteiger charge is 2.35. The van der Waals surface area contributed by atoms with E-state index in [1.54, 1.807) is 22.9 Å². The van der Waals surface area contributed by atoms with E-state index >= 15 is 0 Å². The number of sulfonamides is 1. The predicted molar refractivity (Wildman–Crippen MR) is 152 cm³/mol. The first kappa shape index (κ1) is 27.0. The van der Waals surface area contributed by atoms with Crippen LogP contribution < -0.4 is 20.1 Å². The third kappa shape index (κ3) is 5.73. The van der Waals surface area contributed by atoms with Crippen molar-refractivity contribution in [2.75, 3.05) is 18.4 Å². The van der Waals surface area contributed by atoms with Crippen LogP contribution in [-0.4, -0.2) is 43.3 Å². The van der Waals surface area contributed by atoms with Crippen LogP contribution in [0.5, 0.6) is 5.75 Å². The van der Waals surface area contributed by atoms with Gasteiger partial charge in [-0.1, -0.05) is 48.0 Å². The van der Waals surface area contributed by atoms with E-state index in [-0.39, 0.29) is 16.6 Å². The Morgan fingerprint density at radius 2 is 1.90 bits per heavy atom. The Balaban J connectivity index is 1.41. The zero-order valence-corrected chi connectivity index (χ0v) is 23.3. The van der Waals surface area contributed by atoms with Crippen molar-refractivity contribution in [3.05, 3.63) is 82.9 Å². The number of carbonyl (C=O) groups is 1. The summed E-state index contributed by atoms with van der Waals surface area (Å²) in [7, 11) is -2.43. The van der Waals surface area contributed by atoms with Crippen molar-refractivity contribution in [2.24, 2.45) is 0 Å². The summed E-state index contributed by atoms with van der Waals surface area (Å²) in [5.41, 5.74) is 2.08. The molecule has 3 aromatic carbocycles. The Kier molecular flexibility index (Phi) is 7.53. The zero-order chi connectivity index (χ0) is 27.6. The molecule has 1 saturated heterocycles. The molecule has 11 heteroatoms. The van der Waals surface area contributed by atoms with Gasteiger partial charge < -0.3 is 15.4 Å². The largest absolute Gasteiger partial charge is 0.496 e. The second-order valence-corrected chi connectivity index (χ2v) is 11.9. The molecule has 1 aromatic heterocycles. The average molecular weight is 568 g/mol.